The Labute approximate surface area is 142 Å². The molecule has 1 aromatic heterocycles. The van der Waals surface area contributed by atoms with Crippen LogP contribution in [0.5, 0.6) is 0 Å². The van der Waals surface area contributed by atoms with E-state index in [0.717, 1.165) is 52.5 Å². The van der Waals surface area contributed by atoms with Gasteiger partial charge in [-0.3, -0.25) is 9.58 Å². The zero-order valence-electron chi connectivity index (χ0n) is 14.2. The van der Waals surface area contributed by atoms with E-state index in [-0.39, 0.29) is 6.03 Å². The van der Waals surface area contributed by atoms with Crippen molar-refractivity contribution < 1.29 is 14.3 Å². The lowest BCUT2D eigenvalue weighted by Gasteiger charge is -2.37. The summed E-state index contributed by atoms with van der Waals surface area (Å²) in [6.07, 6.45) is 4.53. The van der Waals surface area contributed by atoms with Crippen LogP contribution >= 0.6 is 0 Å². The van der Waals surface area contributed by atoms with Crippen LogP contribution in [0.15, 0.2) is 12.4 Å². The normalized spacial score (nSPS) is 23.1. The van der Waals surface area contributed by atoms with Crippen LogP contribution in [0.4, 0.5) is 10.5 Å². The van der Waals surface area contributed by atoms with Gasteiger partial charge in [0.15, 0.2) is 0 Å². The fourth-order valence-corrected chi connectivity index (χ4v) is 3.33. The van der Waals surface area contributed by atoms with Crippen molar-refractivity contribution in [3.8, 4) is 0 Å². The molecule has 2 amide bonds. The van der Waals surface area contributed by atoms with Gasteiger partial charge < -0.3 is 20.1 Å². The van der Waals surface area contributed by atoms with E-state index in [4.69, 9.17) is 9.47 Å². The molecule has 2 aliphatic rings. The average molecular weight is 337 g/mol. The van der Waals surface area contributed by atoms with Crippen LogP contribution in [0.3, 0.4) is 0 Å². The number of hydrogen-bond donors (Lipinski definition) is 2. The number of rotatable bonds is 6. The molecule has 3 heterocycles. The lowest BCUT2D eigenvalue weighted by Crippen LogP contribution is -2.52. The first kappa shape index (κ1) is 17.2. The highest BCUT2D eigenvalue weighted by atomic mass is 16.5. The van der Waals surface area contributed by atoms with E-state index < -0.39 is 0 Å². The summed E-state index contributed by atoms with van der Waals surface area (Å²) in [5.41, 5.74) is 0.710. The van der Waals surface area contributed by atoms with Crippen molar-refractivity contribution in [1.29, 1.82) is 0 Å². The van der Waals surface area contributed by atoms with Crippen LogP contribution in [-0.4, -0.2) is 72.8 Å². The van der Waals surface area contributed by atoms with Crippen molar-refractivity contribution in [2.45, 2.75) is 25.9 Å². The predicted octanol–water partition coefficient (Wildman–Crippen LogP) is 0.762. The largest absolute Gasteiger partial charge is 0.381 e. The van der Waals surface area contributed by atoms with Crippen LogP contribution in [0, 0.1) is 5.92 Å². The zero-order valence-corrected chi connectivity index (χ0v) is 14.2. The molecule has 2 atom stereocenters. The van der Waals surface area contributed by atoms with Gasteiger partial charge >= 0.3 is 6.03 Å². The Morgan fingerprint density at radius 2 is 2.21 bits per heavy atom. The summed E-state index contributed by atoms with van der Waals surface area (Å²) < 4.78 is 12.8. The van der Waals surface area contributed by atoms with Crippen molar-refractivity contribution in [3.63, 3.8) is 0 Å². The highest BCUT2D eigenvalue weighted by Gasteiger charge is 2.31. The molecule has 24 heavy (non-hydrogen) atoms. The number of urea groups is 1. The Morgan fingerprint density at radius 1 is 1.38 bits per heavy atom. The number of amides is 2. The fourth-order valence-electron chi connectivity index (χ4n) is 3.33. The minimum absolute atomic E-state index is 0.192. The van der Waals surface area contributed by atoms with Gasteiger partial charge in [0.05, 0.1) is 31.7 Å². The highest BCUT2D eigenvalue weighted by molar-refractivity contribution is 5.88. The number of carbonyl (C=O) groups is 1. The number of anilines is 1. The first-order valence-electron chi connectivity index (χ1n) is 8.73. The van der Waals surface area contributed by atoms with Crippen LogP contribution < -0.4 is 10.6 Å². The summed E-state index contributed by atoms with van der Waals surface area (Å²) in [6.45, 7) is 8.32. The second-order valence-corrected chi connectivity index (χ2v) is 6.26. The molecule has 3 rings (SSSR count). The van der Waals surface area contributed by atoms with Crippen LogP contribution in [-0.2, 0) is 16.0 Å². The lowest BCUT2D eigenvalue weighted by molar-refractivity contribution is 0.00222. The van der Waals surface area contributed by atoms with Gasteiger partial charge in [-0.15, -0.1) is 0 Å². The summed E-state index contributed by atoms with van der Waals surface area (Å²) in [7, 11) is 0. The van der Waals surface area contributed by atoms with Crippen LogP contribution in [0.2, 0.25) is 0 Å². The Morgan fingerprint density at radius 3 is 2.88 bits per heavy atom. The number of aryl methyl sites for hydroxylation is 1. The average Bonchev–Trinajstić information content (AvgIpc) is 3.28. The maximum atomic E-state index is 12.2. The first-order valence-corrected chi connectivity index (χ1v) is 8.73. The lowest BCUT2D eigenvalue weighted by atomic mass is 9.97. The minimum atomic E-state index is -0.192. The quantitative estimate of drug-likeness (QED) is 0.801. The van der Waals surface area contributed by atoms with E-state index in [1.54, 1.807) is 10.9 Å². The monoisotopic (exact) mass is 337 g/mol. The Kier molecular flexibility index (Phi) is 6.06. The molecule has 0 aromatic carbocycles. The standard InChI is InChI=1S/C16H27N5O3/c1-2-21-11-14(9-18-21)19-16(22)17-10-15(13-3-6-24-12-13)20-4-7-23-8-5-20/h9,11,13,15H,2-8,10,12H2,1H3,(H2,17,19,22)/t13-,15+/m0/s1. The minimum Gasteiger partial charge on any atom is -0.381 e. The summed E-state index contributed by atoms with van der Waals surface area (Å²) >= 11 is 0. The maximum Gasteiger partial charge on any atom is 0.319 e. The number of hydrogen-bond acceptors (Lipinski definition) is 5. The molecule has 2 aliphatic heterocycles. The van der Waals surface area contributed by atoms with Gasteiger partial charge in [-0.2, -0.15) is 5.10 Å². The summed E-state index contributed by atoms with van der Waals surface area (Å²) in [5, 5.41) is 10.0. The number of ether oxygens (including phenoxy) is 2. The molecule has 0 saturated carbocycles. The SMILES string of the molecule is CCn1cc(NC(=O)NC[C@H]([C@H]2CCOC2)N2CCOCC2)cn1. The Balaban J connectivity index is 1.52. The molecule has 2 saturated heterocycles. The third-order valence-electron chi connectivity index (χ3n) is 4.71. The third-order valence-corrected chi connectivity index (χ3v) is 4.71. The van der Waals surface area contributed by atoms with Gasteiger partial charge in [0.1, 0.15) is 0 Å². The molecule has 8 heteroatoms. The Hall–Kier alpha value is -1.64. The number of carbonyl (C=O) groups excluding carboxylic acids is 1. The number of nitrogens with one attached hydrogen (secondary N) is 2. The fraction of sp³-hybridized carbons (Fsp3) is 0.750. The van der Waals surface area contributed by atoms with Crippen LogP contribution in [0.1, 0.15) is 13.3 Å². The molecule has 0 bridgehead atoms. The molecule has 0 unspecified atom stereocenters. The summed E-state index contributed by atoms with van der Waals surface area (Å²) in [4.78, 5) is 14.6. The second kappa shape index (κ2) is 8.46. The van der Waals surface area contributed by atoms with Crippen LogP contribution in [0.25, 0.3) is 0 Å². The molecule has 8 nitrogen and oxygen atoms in total. The molecule has 2 fully saturated rings. The number of nitrogens with zero attached hydrogens (tertiary/aromatic N) is 3. The van der Waals surface area contributed by atoms with Gasteiger partial charge in [0.25, 0.3) is 0 Å². The predicted molar refractivity (Wildman–Crippen MR) is 90.0 cm³/mol. The molecule has 0 radical (unpaired) electrons. The zero-order chi connectivity index (χ0) is 16.8. The van der Waals surface area contributed by atoms with E-state index in [1.165, 1.54) is 0 Å². The van der Waals surface area contributed by atoms with Gasteiger partial charge in [-0.05, 0) is 13.3 Å². The molecule has 0 aliphatic carbocycles. The van der Waals surface area contributed by atoms with E-state index in [0.29, 0.717) is 24.2 Å². The van der Waals surface area contributed by atoms with Crippen molar-refractivity contribution in [2.24, 2.45) is 5.92 Å². The molecule has 2 N–H and O–H groups in total. The van der Waals surface area contributed by atoms with E-state index in [1.807, 2.05) is 13.1 Å². The molecule has 1 aromatic rings. The first-order chi connectivity index (χ1) is 11.8. The summed E-state index contributed by atoms with van der Waals surface area (Å²) in [5.74, 6) is 0.464. The molecular formula is C16H27N5O3. The summed E-state index contributed by atoms with van der Waals surface area (Å²) in [6, 6.07) is 0.100. The van der Waals surface area contributed by atoms with Gasteiger partial charge in [0.2, 0.25) is 0 Å². The second-order valence-electron chi connectivity index (χ2n) is 6.26. The van der Waals surface area contributed by atoms with E-state index >= 15 is 0 Å². The molecule has 0 spiro atoms. The maximum absolute atomic E-state index is 12.2. The smallest absolute Gasteiger partial charge is 0.319 e. The van der Waals surface area contributed by atoms with Crippen molar-refractivity contribution in [1.82, 2.24) is 20.0 Å². The highest BCUT2D eigenvalue weighted by Crippen LogP contribution is 2.21. The van der Waals surface area contributed by atoms with Crippen molar-refractivity contribution in [3.05, 3.63) is 12.4 Å². The van der Waals surface area contributed by atoms with Gasteiger partial charge in [-0.25, -0.2) is 4.79 Å². The number of morpholine rings is 1. The third kappa shape index (κ3) is 4.46. The van der Waals surface area contributed by atoms with Crippen molar-refractivity contribution >= 4 is 11.7 Å². The van der Waals surface area contributed by atoms with E-state index in [9.17, 15) is 4.79 Å². The Bertz CT molecular complexity index is 524. The van der Waals surface area contributed by atoms with Gasteiger partial charge in [0, 0.05) is 50.9 Å². The van der Waals surface area contributed by atoms with Crippen molar-refractivity contribution in [2.75, 3.05) is 51.4 Å². The topological polar surface area (TPSA) is 80.7 Å². The van der Waals surface area contributed by atoms with E-state index in [2.05, 4.69) is 20.6 Å². The number of aromatic nitrogens is 2. The van der Waals surface area contributed by atoms with Gasteiger partial charge in [-0.1, -0.05) is 0 Å². The molecular weight excluding hydrogens is 310 g/mol. The molecule has 134 valence electrons.